The Morgan fingerprint density at radius 3 is 2.27 bits per heavy atom. The number of nitrogens with zero attached hydrogens (tertiary/aromatic N) is 1. The SMILES string of the molecule is CNC(=O)N(C(=N)OC)C(=O)NCCC1CCCCCCC1. The van der Waals surface area contributed by atoms with Gasteiger partial charge >= 0.3 is 18.1 Å². The van der Waals surface area contributed by atoms with Gasteiger partial charge in [-0.3, -0.25) is 5.41 Å². The summed E-state index contributed by atoms with van der Waals surface area (Å²) < 4.78 is 4.67. The molecular formula is C15H28N4O3. The Morgan fingerprint density at radius 2 is 1.73 bits per heavy atom. The predicted molar refractivity (Wildman–Crippen MR) is 84.9 cm³/mol. The number of methoxy groups -OCH3 is 1. The van der Waals surface area contributed by atoms with Gasteiger partial charge < -0.3 is 15.4 Å². The zero-order valence-electron chi connectivity index (χ0n) is 13.6. The number of carbonyl (C=O) groups excluding carboxylic acids is 2. The number of rotatable bonds is 3. The van der Waals surface area contributed by atoms with E-state index in [2.05, 4.69) is 15.4 Å². The van der Waals surface area contributed by atoms with Gasteiger partial charge in [-0.25, -0.2) is 9.59 Å². The fourth-order valence-electron chi connectivity index (χ4n) is 2.77. The molecule has 0 atom stereocenters. The highest BCUT2D eigenvalue weighted by Gasteiger charge is 2.26. The Hall–Kier alpha value is -1.79. The lowest BCUT2D eigenvalue weighted by atomic mass is 9.89. The first kappa shape index (κ1) is 18.3. The normalized spacial score (nSPS) is 16.1. The predicted octanol–water partition coefficient (Wildman–Crippen LogP) is 2.67. The largest absolute Gasteiger partial charge is 0.468 e. The monoisotopic (exact) mass is 312 g/mol. The van der Waals surface area contributed by atoms with E-state index in [1.165, 1.54) is 59.1 Å². The molecule has 0 radical (unpaired) electrons. The third kappa shape index (κ3) is 5.91. The fourth-order valence-corrected chi connectivity index (χ4v) is 2.77. The van der Waals surface area contributed by atoms with E-state index in [1.54, 1.807) is 0 Å². The molecule has 0 unspecified atom stereocenters. The summed E-state index contributed by atoms with van der Waals surface area (Å²) in [5, 5.41) is 12.5. The van der Waals surface area contributed by atoms with E-state index in [0.29, 0.717) is 17.4 Å². The molecule has 1 aliphatic rings. The molecule has 0 heterocycles. The lowest BCUT2D eigenvalue weighted by Gasteiger charge is -2.22. The minimum Gasteiger partial charge on any atom is -0.468 e. The lowest BCUT2D eigenvalue weighted by Crippen LogP contribution is -2.51. The average Bonchev–Trinajstić information content (AvgIpc) is 2.48. The first-order valence-electron chi connectivity index (χ1n) is 8.02. The van der Waals surface area contributed by atoms with E-state index < -0.39 is 18.1 Å². The maximum absolute atomic E-state index is 12.0. The van der Waals surface area contributed by atoms with Crippen molar-refractivity contribution in [2.75, 3.05) is 20.7 Å². The van der Waals surface area contributed by atoms with Crippen LogP contribution in [0.3, 0.4) is 0 Å². The smallest absolute Gasteiger partial charge is 0.333 e. The molecule has 22 heavy (non-hydrogen) atoms. The number of amidine groups is 1. The maximum Gasteiger partial charge on any atom is 0.333 e. The number of urea groups is 2. The summed E-state index contributed by atoms with van der Waals surface area (Å²) >= 11 is 0. The Bertz CT molecular complexity index is 363. The van der Waals surface area contributed by atoms with E-state index in [9.17, 15) is 9.59 Å². The van der Waals surface area contributed by atoms with E-state index in [1.807, 2.05) is 0 Å². The standard InChI is InChI=1S/C15H28N4O3/c1-17-14(20)19(13(16)22-2)15(21)18-11-10-12-8-6-4-3-5-7-9-12/h12,16H,3-11H2,1-2H3,(H,17,20)(H,18,21). The summed E-state index contributed by atoms with van der Waals surface area (Å²) in [6, 6.07) is -1.81. The van der Waals surface area contributed by atoms with Gasteiger partial charge in [-0.1, -0.05) is 44.9 Å². The molecular weight excluding hydrogens is 284 g/mol. The summed E-state index contributed by atoms with van der Waals surface area (Å²) in [6.45, 7) is 0.508. The summed E-state index contributed by atoms with van der Waals surface area (Å²) in [5.74, 6) is 0.635. The van der Waals surface area contributed by atoms with Crippen molar-refractivity contribution in [3.05, 3.63) is 0 Å². The molecule has 0 saturated heterocycles. The van der Waals surface area contributed by atoms with Crippen molar-refractivity contribution in [1.29, 1.82) is 5.41 Å². The molecule has 4 amide bonds. The van der Waals surface area contributed by atoms with Crippen LogP contribution in [-0.2, 0) is 4.74 Å². The van der Waals surface area contributed by atoms with Crippen molar-refractivity contribution in [2.24, 2.45) is 5.92 Å². The molecule has 3 N–H and O–H groups in total. The highest BCUT2D eigenvalue weighted by atomic mass is 16.5. The second kappa shape index (κ2) is 10.0. The van der Waals surface area contributed by atoms with E-state index in [-0.39, 0.29) is 0 Å². The Morgan fingerprint density at radius 1 is 1.14 bits per heavy atom. The minimum absolute atomic E-state index is 0.497. The lowest BCUT2D eigenvalue weighted by molar-refractivity contribution is 0.194. The third-order valence-electron chi connectivity index (χ3n) is 4.07. The van der Waals surface area contributed by atoms with Gasteiger partial charge in [0.15, 0.2) is 0 Å². The number of imide groups is 1. The van der Waals surface area contributed by atoms with Gasteiger partial charge in [-0.2, -0.15) is 4.90 Å². The van der Waals surface area contributed by atoms with Crippen molar-refractivity contribution in [2.45, 2.75) is 51.4 Å². The van der Waals surface area contributed by atoms with Gasteiger partial charge in [0.2, 0.25) is 0 Å². The first-order valence-corrected chi connectivity index (χ1v) is 8.02. The molecule has 7 nitrogen and oxygen atoms in total. The summed E-state index contributed by atoms with van der Waals surface area (Å²) in [5.41, 5.74) is 0. The zero-order chi connectivity index (χ0) is 16.4. The first-order chi connectivity index (χ1) is 10.6. The van der Waals surface area contributed by atoms with Crippen molar-refractivity contribution < 1.29 is 14.3 Å². The second-order valence-electron chi connectivity index (χ2n) is 5.63. The summed E-state index contributed by atoms with van der Waals surface area (Å²) in [6.07, 6.45) is 9.80. The molecule has 1 saturated carbocycles. The van der Waals surface area contributed by atoms with E-state index >= 15 is 0 Å². The Balaban J connectivity index is 2.41. The van der Waals surface area contributed by atoms with Crippen molar-refractivity contribution in [3.8, 4) is 0 Å². The van der Waals surface area contributed by atoms with Crippen LogP contribution in [0.4, 0.5) is 9.59 Å². The van der Waals surface area contributed by atoms with Crippen LogP contribution in [0.5, 0.6) is 0 Å². The van der Waals surface area contributed by atoms with Crippen LogP contribution in [0.1, 0.15) is 51.4 Å². The van der Waals surface area contributed by atoms with Gasteiger partial charge in [-0.05, 0) is 12.3 Å². The minimum atomic E-state index is -0.685. The number of hydrogen-bond donors (Lipinski definition) is 3. The van der Waals surface area contributed by atoms with E-state index in [0.717, 1.165) is 6.42 Å². The maximum atomic E-state index is 12.0. The molecule has 0 bridgehead atoms. The number of carbonyl (C=O) groups is 2. The van der Waals surface area contributed by atoms with Crippen LogP contribution in [0.25, 0.3) is 0 Å². The molecule has 7 heteroatoms. The summed E-state index contributed by atoms with van der Waals surface area (Å²) in [7, 11) is 2.65. The Labute approximate surface area is 132 Å². The molecule has 126 valence electrons. The van der Waals surface area contributed by atoms with Gasteiger partial charge in [0, 0.05) is 13.6 Å². The number of hydrogen-bond acceptors (Lipinski definition) is 4. The second-order valence-corrected chi connectivity index (χ2v) is 5.63. The van der Waals surface area contributed by atoms with Crippen LogP contribution in [0.2, 0.25) is 0 Å². The molecule has 0 aromatic heterocycles. The third-order valence-corrected chi connectivity index (χ3v) is 4.07. The summed E-state index contributed by atoms with van der Waals surface area (Å²) in [4.78, 5) is 24.3. The molecule has 1 fully saturated rings. The van der Waals surface area contributed by atoms with Gasteiger partial charge in [0.25, 0.3) is 0 Å². The van der Waals surface area contributed by atoms with Crippen molar-refractivity contribution >= 4 is 18.1 Å². The van der Waals surface area contributed by atoms with Gasteiger partial charge in [0.1, 0.15) is 0 Å². The Kier molecular flexibility index (Phi) is 8.32. The molecule has 0 aromatic carbocycles. The highest BCUT2D eigenvalue weighted by molar-refractivity contribution is 6.08. The number of amides is 4. The number of nitrogens with one attached hydrogen (secondary N) is 3. The highest BCUT2D eigenvalue weighted by Crippen LogP contribution is 2.24. The zero-order valence-corrected chi connectivity index (χ0v) is 13.6. The average molecular weight is 312 g/mol. The molecule has 0 aliphatic heterocycles. The van der Waals surface area contributed by atoms with Crippen LogP contribution < -0.4 is 10.6 Å². The molecule has 0 aromatic rings. The van der Waals surface area contributed by atoms with Crippen LogP contribution in [-0.4, -0.2) is 43.7 Å². The van der Waals surface area contributed by atoms with Gasteiger partial charge in [0.05, 0.1) is 7.11 Å². The molecule has 0 spiro atoms. The van der Waals surface area contributed by atoms with E-state index in [4.69, 9.17) is 5.41 Å². The van der Waals surface area contributed by atoms with Crippen LogP contribution in [0, 0.1) is 11.3 Å². The van der Waals surface area contributed by atoms with Crippen LogP contribution in [0.15, 0.2) is 0 Å². The van der Waals surface area contributed by atoms with Crippen LogP contribution >= 0.6 is 0 Å². The molecule has 1 rings (SSSR count). The number of ether oxygens (including phenoxy) is 1. The topological polar surface area (TPSA) is 94.5 Å². The van der Waals surface area contributed by atoms with Gasteiger partial charge in [-0.15, -0.1) is 0 Å². The molecule has 1 aliphatic carbocycles. The quantitative estimate of drug-likeness (QED) is 0.552. The van der Waals surface area contributed by atoms with Crippen molar-refractivity contribution in [1.82, 2.24) is 15.5 Å². The fraction of sp³-hybridized carbons (Fsp3) is 0.800. The van der Waals surface area contributed by atoms with Crippen molar-refractivity contribution in [3.63, 3.8) is 0 Å².